The first-order valence-electron chi connectivity index (χ1n) is 8.87. The lowest BCUT2D eigenvalue weighted by Crippen LogP contribution is -2.46. The molecule has 5 rings (SSSR count). The van der Waals surface area contributed by atoms with Gasteiger partial charge in [-0.2, -0.15) is 0 Å². The molecule has 28 heavy (non-hydrogen) atoms. The Kier molecular flexibility index (Phi) is 3.82. The van der Waals surface area contributed by atoms with Gasteiger partial charge in [0.1, 0.15) is 11.2 Å². The molecule has 7 nitrogen and oxygen atoms in total. The van der Waals surface area contributed by atoms with Gasteiger partial charge in [-0.15, -0.1) is 11.3 Å². The maximum Gasteiger partial charge on any atom is 0.325 e. The number of carbonyl (C=O) groups is 2. The standard InChI is InChI=1S/C19H15ClN4O3S/c20-11-3-4-15-21-12(8-16(25)23(15)9-11)10-24-17(26)19(22-18(24)27)6-1-2-14-13(19)5-7-28-14/h3-5,7-9H,1-2,6,10H2,(H,22,27). The Bertz CT molecular complexity index is 1200. The van der Waals surface area contributed by atoms with Crippen molar-refractivity contribution in [2.45, 2.75) is 31.3 Å². The van der Waals surface area contributed by atoms with Gasteiger partial charge < -0.3 is 5.32 Å². The van der Waals surface area contributed by atoms with E-state index in [1.165, 1.54) is 16.7 Å². The fourth-order valence-electron chi connectivity index (χ4n) is 4.05. The monoisotopic (exact) mass is 414 g/mol. The molecule has 1 spiro atoms. The van der Waals surface area contributed by atoms with Crippen LogP contribution < -0.4 is 10.9 Å². The van der Waals surface area contributed by atoms with Crippen molar-refractivity contribution >= 4 is 40.5 Å². The molecule has 3 amide bonds. The number of aromatic nitrogens is 2. The van der Waals surface area contributed by atoms with Crippen LogP contribution in [0.15, 0.2) is 40.6 Å². The molecule has 1 atom stereocenters. The summed E-state index contributed by atoms with van der Waals surface area (Å²) < 4.78 is 1.33. The van der Waals surface area contributed by atoms with Gasteiger partial charge in [0.05, 0.1) is 17.3 Å². The Balaban J connectivity index is 1.51. The number of nitrogens with one attached hydrogen (secondary N) is 1. The number of halogens is 1. The van der Waals surface area contributed by atoms with Crippen LogP contribution in [0.25, 0.3) is 5.65 Å². The Morgan fingerprint density at radius 2 is 2.11 bits per heavy atom. The van der Waals surface area contributed by atoms with Crippen LogP contribution >= 0.6 is 22.9 Å². The van der Waals surface area contributed by atoms with Gasteiger partial charge >= 0.3 is 6.03 Å². The summed E-state index contributed by atoms with van der Waals surface area (Å²) in [6.07, 6.45) is 3.82. The van der Waals surface area contributed by atoms with E-state index in [9.17, 15) is 14.4 Å². The number of rotatable bonds is 2. The van der Waals surface area contributed by atoms with Crippen molar-refractivity contribution in [3.05, 3.63) is 67.4 Å². The minimum Gasteiger partial charge on any atom is -0.319 e. The third kappa shape index (κ3) is 2.48. The number of nitrogens with zero attached hydrogens (tertiary/aromatic N) is 3. The summed E-state index contributed by atoms with van der Waals surface area (Å²) in [5, 5.41) is 5.28. The van der Waals surface area contributed by atoms with Gasteiger partial charge in [-0.25, -0.2) is 9.78 Å². The van der Waals surface area contributed by atoms with Crippen molar-refractivity contribution in [2.75, 3.05) is 0 Å². The minimum atomic E-state index is -0.996. The van der Waals surface area contributed by atoms with Crippen molar-refractivity contribution < 1.29 is 9.59 Å². The fourth-order valence-corrected chi connectivity index (χ4v) is 5.21. The SMILES string of the molecule is O=C1NC2(CCCc3sccc32)C(=O)N1Cc1cc(=O)n2cc(Cl)ccc2n1. The fraction of sp³-hybridized carbons (Fsp3) is 0.263. The summed E-state index contributed by atoms with van der Waals surface area (Å²) in [6, 6.07) is 6.05. The number of fused-ring (bicyclic) bond motifs is 3. The van der Waals surface area contributed by atoms with E-state index in [4.69, 9.17) is 11.6 Å². The highest BCUT2D eigenvalue weighted by Crippen LogP contribution is 2.42. The van der Waals surface area contributed by atoms with E-state index < -0.39 is 11.6 Å². The lowest BCUT2D eigenvalue weighted by molar-refractivity contribution is -0.132. The highest BCUT2D eigenvalue weighted by molar-refractivity contribution is 7.10. The van der Waals surface area contributed by atoms with Gasteiger partial charge in [0, 0.05) is 22.7 Å². The summed E-state index contributed by atoms with van der Waals surface area (Å²) in [7, 11) is 0. The quantitative estimate of drug-likeness (QED) is 0.653. The van der Waals surface area contributed by atoms with E-state index >= 15 is 0 Å². The second-order valence-electron chi connectivity index (χ2n) is 7.00. The molecule has 4 heterocycles. The van der Waals surface area contributed by atoms with Crippen molar-refractivity contribution in [2.24, 2.45) is 0 Å². The first-order valence-corrected chi connectivity index (χ1v) is 10.1. The zero-order valence-corrected chi connectivity index (χ0v) is 16.2. The average molecular weight is 415 g/mol. The molecule has 0 radical (unpaired) electrons. The molecule has 9 heteroatoms. The summed E-state index contributed by atoms with van der Waals surface area (Å²) >= 11 is 7.54. The molecule has 2 aliphatic rings. The van der Waals surface area contributed by atoms with Gasteiger partial charge in [0.2, 0.25) is 0 Å². The number of thiophene rings is 1. The minimum absolute atomic E-state index is 0.0553. The van der Waals surface area contributed by atoms with Crippen LogP contribution in [0.2, 0.25) is 5.02 Å². The molecule has 0 saturated carbocycles. The number of hydrogen-bond acceptors (Lipinski definition) is 5. The Morgan fingerprint density at radius 3 is 2.96 bits per heavy atom. The summed E-state index contributed by atoms with van der Waals surface area (Å²) in [5.74, 6) is -0.282. The molecule has 1 N–H and O–H groups in total. The molecule has 142 valence electrons. The maximum atomic E-state index is 13.3. The van der Waals surface area contributed by atoms with Crippen LogP contribution in [0.5, 0.6) is 0 Å². The van der Waals surface area contributed by atoms with Crippen LogP contribution in [0.3, 0.4) is 0 Å². The topological polar surface area (TPSA) is 83.8 Å². The molecule has 1 saturated heterocycles. The van der Waals surface area contributed by atoms with Crippen molar-refractivity contribution in [1.29, 1.82) is 0 Å². The third-order valence-electron chi connectivity index (χ3n) is 5.33. The number of carbonyl (C=O) groups excluding carboxylic acids is 2. The Labute approximate surface area is 168 Å². The molecular formula is C19H15ClN4O3S. The highest BCUT2D eigenvalue weighted by Gasteiger charge is 2.54. The van der Waals surface area contributed by atoms with Crippen molar-refractivity contribution in [1.82, 2.24) is 19.6 Å². The molecular weight excluding hydrogens is 400 g/mol. The van der Waals surface area contributed by atoms with Crippen LogP contribution in [0.4, 0.5) is 4.79 Å². The van der Waals surface area contributed by atoms with Crippen molar-refractivity contribution in [3.63, 3.8) is 0 Å². The van der Waals surface area contributed by atoms with Gasteiger partial charge in [-0.3, -0.25) is 18.9 Å². The number of amides is 3. The van der Waals surface area contributed by atoms with Crippen molar-refractivity contribution in [3.8, 4) is 0 Å². The zero-order valence-electron chi connectivity index (χ0n) is 14.6. The first kappa shape index (κ1) is 17.4. The molecule has 1 aliphatic carbocycles. The first-order chi connectivity index (χ1) is 13.5. The molecule has 3 aromatic rings. The van der Waals surface area contributed by atoms with E-state index in [2.05, 4.69) is 10.3 Å². The van der Waals surface area contributed by atoms with Crippen LogP contribution in [0, 0.1) is 0 Å². The normalized spacial score (nSPS) is 21.4. The maximum absolute atomic E-state index is 13.3. The Morgan fingerprint density at radius 1 is 1.25 bits per heavy atom. The van der Waals surface area contributed by atoms with E-state index in [0.29, 0.717) is 22.8 Å². The zero-order chi connectivity index (χ0) is 19.5. The third-order valence-corrected chi connectivity index (χ3v) is 6.54. The molecule has 1 aliphatic heterocycles. The van der Waals surface area contributed by atoms with Crippen LogP contribution in [0.1, 0.15) is 29.0 Å². The second kappa shape index (κ2) is 6.15. The summed E-state index contributed by atoms with van der Waals surface area (Å²) in [5.41, 5.74) is 0.345. The van der Waals surface area contributed by atoms with Crippen LogP contribution in [-0.2, 0) is 23.3 Å². The number of pyridine rings is 1. The van der Waals surface area contributed by atoms with E-state index in [0.717, 1.165) is 28.2 Å². The average Bonchev–Trinajstić information content (AvgIpc) is 3.23. The molecule has 0 bridgehead atoms. The number of aryl methyl sites for hydroxylation is 1. The lowest BCUT2D eigenvalue weighted by Gasteiger charge is -2.31. The van der Waals surface area contributed by atoms with E-state index in [-0.39, 0.29) is 18.0 Å². The van der Waals surface area contributed by atoms with Crippen LogP contribution in [-0.4, -0.2) is 26.2 Å². The summed E-state index contributed by atoms with van der Waals surface area (Å²) in [6.45, 7) is -0.0553. The number of imide groups is 1. The Hall–Kier alpha value is -2.71. The molecule has 1 unspecified atom stereocenters. The van der Waals surface area contributed by atoms with Gasteiger partial charge in [0.25, 0.3) is 11.5 Å². The smallest absolute Gasteiger partial charge is 0.319 e. The van der Waals surface area contributed by atoms with Gasteiger partial charge in [0.15, 0.2) is 0 Å². The largest absolute Gasteiger partial charge is 0.325 e. The molecule has 1 fully saturated rings. The predicted molar refractivity (Wildman–Crippen MR) is 104 cm³/mol. The predicted octanol–water partition coefficient (Wildman–Crippen LogP) is 2.69. The number of urea groups is 1. The summed E-state index contributed by atoms with van der Waals surface area (Å²) in [4.78, 5) is 45.0. The van der Waals surface area contributed by atoms with Gasteiger partial charge in [-0.05, 0) is 42.8 Å². The highest BCUT2D eigenvalue weighted by atomic mass is 35.5. The number of hydrogen-bond donors (Lipinski definition) is 1. The van der Waals surface area contributed by atoms with Gasteiger partial charge in [-0.1, -0.05) is 11.6 Å². The second-order valence-corrected chi connectivity index (χ2v) is 8.44. The molecule has 0 aromatic carbocycles. The lowest BCUT2D eigenvalue weighted by atomic mass is 9.80. The van der Waals surface area contributed by atoms with E-state index in [1.807, 2.05) is 11.4 Å². The van der Waals surface area contributed by atoms with E-state index in [1.54, 1.807) is 23.5 Å². The molecule has 3 aromatic heterocycles.